The van der Waals surface area contributed by atoms with Crippen LogP contribution in [-0.2, 0) is 20.8 Å². The number of hydrogen-bond donors (Lipinski definition) is 2. The van der Waals surface area contributed by atoms with Crippen molar-refractivity contribution in [3.63, 3.8) is 0 Å². The van der Waals surface area contributed by atoms with Gasteiger partial charge in [0.25, 0.3) is 0 Å². The van der Waals surface area contributed by atoms with E-state index >= 15 is 0 Å². The summed E-state index contributed by atoms with van der Waals surface area (Å²) in [6.07, 6.45) is 1.32. The second-order valence-electron chi connectivity index (χ2n) is 5.38. The van der Waals surface area contributed by atoms with Crippen LogP contribution in [0.4, 0.5) is 0 Å². The Morgan fingerprint density at radius 1 is 1.44 bits per heavy atom. The molecular formula is C16H19N3O5S. The van der Waals surface area contributed by atoms with Gasteiger partial charge in [-0.3, -0.25) is 9.59 Å². The summed E-state index contributed by atoms with van der Waals surface area (Å²) in [4.78, 5) is 41.0. The lowest BCUT2D eigenvalue weighted by atomic mass is 10.2. The van der Waals surface area contributed by atoms with Crippen LogP contribution in [0, 0.1) is 0 Å². The Labute approximate surface area is 148 Å². The van der Waals surface area contributed by atoms with Crippen LogP contribution in [0.2, 0.25) is 0 Å². The Bertz CT molecular complexity index is 741. The molecule has 0 aliphatic rings. The molecule has 1 unspecified atom stereocenters. The number of rotatable bonds is 8. The van der Waals surface area contributed by atoms with Gasteiger partial charge in [0.15, 0.2) is 0 Å². The van der Waals surface area contributed by atoms with Crippen LogP contribution < -0.4 is 5.32 Å². The maximum Gasteiger partial charge on any atom is 0.326 e. The largest absolute Gasteiger partial charge is 0.480 e. The van der Waals surface area contributed by atoms with E-state index in [-0.39, 0.29) is 25.4 Å². The molecule has 1 atom stereocenters. The lowest BCUT2D eigenvalue weighted by Gasteiger charge is -2.26. The normalized spacial score (nSPS) is 11.8. The minimum atomic E-state index is -1.12. The van der Waals surface area contributed by atoms with Gasteiger partial charge in [-0.25, -0.2) is 9.78 Å². The number of oxazole rings is 1. The van der Waals surface area contributed by atoms with Crippen LogP contribution in [0.25, 0.3) is 10.8 Å². The van der Waals surface area contributed by atoms with Crippen molar-refractivity contribution in [1.29, 1.82) is 0 Å². The molecule has 0 radical (unpaired) electrons. The van der Waals surface area contributed by atoms with Crippen LogP contribution in [0.15, 0.2) is 28.2 Å². The van der Waals surface area contributed by atoms with Crippen LogP contribution in [0.3, 0.4) is 0 Å². The molecule has 0 saturated carbocycles. The van der Waals surface area contributed by atoms with Crippen LogP contribution in [0.5, 0.6) is 0 Å². The quantitative estimate of drug-likeness (QED) is 0.731. The maximum absolute atomic E-state index is 12.5. The zero-order valence-corrected chi connectivity index (χ0v) is 14.7. The van der Waals surface area contributed by atoms with E-state index in [1.165, 1.54) is 36.3 Å². The molecule has 0 fully saturated rings. The Balaban J connectivity index is 2.05. The average Bonchev–Trinajstić information content (AvgIpc) is 3.21. The fraction of sp³-hybridized carbons (Fsp3) is 0.375. The van der Waals surface area contributed by atoms with Crippen molar-refractivity contribution in [1.82, 2.24) is 15.2 Å². The second-order valence-corrected chi connectivity index (χ2v) is 6.33. The summed E-state index contributed by atoms with van der Waals surface area (Å²) in [5, 5.41) is 13.6. The number of carboxylic acids is 1. The highest BCUT2D eigenvalue weighted by Gasteiger charge is 2.26. The van der Waals surface area contributed by atoms with E-state index in [1.54, 1.807) is 0 Å². The number of aromatic nitrogens is 1. The van der Waals surface area contributed by atoms with E-state index in [1.807, 2.05) is 17.5 Å². The van der Waals surface area contributed by atoms with Gasteiger partial charge in [0.1, 0.15) is 12.3 Å². The first kappa shape index (κ1) is 18.7. The summed E-state index contributed by atoms with van der Waals surface area (Å²) in [5.74, 6) is -1.33. The topological polar surface area (TPSA) is 113 Å². The highest BCUT2D eigenvalue weighted by molar-refractivity contribution is 7.13. The second kappa shape index (κ2) is 8.43. The molecule has 9 heteroatoms. The van der Waals surface area contributed by atoms with Crippen molar-refractivity contribution in [3.05, 3.63) is 29.5 Å². The SMILES string of the molecule is CC(=O)NCCN(C(=O)Cc1coc(-c2cccs2)n1)C(C)C(=O)O. The van der Waals surface area contributed by atoms with Gasteiger partial charge in [0, 0.05) is 20.0 Å². The third-order valence-corrected chi connectivity index (χ3v) is 4.35. The summed E-state index contributed by atoms with van der Waals surface area (Å²) in [6, 6.07) is 2.71. The first-order chi connectivity index (χ1) is 11.9. The molecule has 2 rings (SSSR count). The summed E-state index contributed by atoms with van der Waals surface area (Å²) in [7, 11) is 0. The van der Waals surface area contributed by atoms with Crippen LogP contribution in [0.1, 0.15) is 19.5 Å². The molecule has 2 N–H and O–H groups in total. The zero-order valence-electron chi connectivity index (χ0n) is 13.9. The molecule has 2 aromatic rings. The van der Waals surface area contributed by atoms with Gasteiger partial charge in [0.05, 0.1) is 17.0 Å². The standard InChI is InChI=1S/C16H19N3O5S/c1-10(16(22)23)19(6-5-17-11(2)20)14(21)8-12-9-24-15(18-12)13-4-3-7-25-13/h3-4,7,9-10H,5-6,8H2,1-2H3,(H,17,20)(H,22,23). The number of carbonyl (C=O) groups excluding carboxylic acids is 2. The molecule has 0 aliphatic heterocycles. The third kappa shape index (κ3) is 5.15. The van der Waals surface area contributed by atoms with Gasteiger partial charge in [-0.2, -0.15) is 0 Å². The summed E-state index contributed by atoms with van der Waals surface area (Å²) < 4.78 is 5.37. The first-order valence-electron chi connectivity index (χ1n) is 7.63. The number of carbonyl (C=O) groups is 3. The Morgan fingerprint density at radius 3 is 2.80 bits per heavy atom. The van der Waals surface area contributed by atoms with E-state index in [9.17, 15) is 19.5 Å². The highest BCUT2D eigenvalue weighted by atomic mass is 32.1. The Morgan fingerprint density at radius 2 is 2.20 bits per heavy atom. The number of aliphatic carboxylic acids is 1. The highest BCUT2D eigenvalue weighted by Crippen LogP contribution is 2.23. The van der Waals surface area contributed by atoms with Gasteiger partial charge in [0.2, 0.25) is 17.7 Å². The molecular weight excluding hydrogens is 346 g/mol. The number of carboxylic acid groups (broad SMARTS) is 1. The number of nitrogens with zero attached hydrogens (tertiary/aromatic N) is 2. The summed E-state index contributed by atoms with van der Waals surface area (Å²) >= 11 is 1.47. The molecule has 2 amide bonds. The average molecular weight is 365 g/mol. The van der Waals surface area contributed by atoms with E-state index in [0.29, 0.717) is 11.6 Å². The van der Waals surface area contributed by atoms with E-state index in [0.717, 1.165) is 4.88 Å². The third-order valence-electron chi connectivity index (χ3n) is 3.49. The molecule has 2 heterocycles. The molecule has 8 nitrogen and oxygen atoms in total. The molecule has 0 aromatic carbocycles. The van der Waals surface area contributed by atoms with Crippen molar-refractivity contribution < 1.29 is 23.9 Å². The van der Waals surface area contributed by atoms with Crippen molar-refractivity contribution in [2.24, 2.45) is 0 Å². The van der Waals surface area contributed by atoms with Gasteiger partial charge in [-0.05, 0) is 18.4 Å². The van der Waals surface area contributed by atoms with Gasteiger partial charge < -0.3 is 19.7 Å². The first-order valence-corrected chi connectivity index (χ1v) is 8.51. The van der Waals surface area contributed by atoms with E-state index < -0.39 is 17.9 Å². The Hall–Kier alpha value is -2.68. The minimum Gasteiger partial charge on any atom is -0.480 e. The number of amides is 2. The molecule has 0 bridgehead atoms. The molecule has 0 aliphatic carbocycles. The van der Waals surface area contributed by atoms with Crippen LogP contribution in [-0.4, -0.2) is 51.9 Å². The van der Waals surface area contributed by atoms with E-state index in [2.05, 4.69) is 10.3 Å². The number of thiophene rings is 1. The van der Waals surface area contributed by atoms with Crippen molar-refractivity contribution >= 4 is 29.1 Å². The molecule has 25 heavy (non-hydrogen) atoms. The fourth-order valence-electron chi connectivity index (χ4n) is 2.18. The Kier molecular flexibility index (Phi) is 6.29. The van der Waals surface area contributed by atoms with Crippen LogP contribution >= 0.6 is 11.3 Å². The zero-order chi connectivity index (χ0) is 18.4. The van der Waals surface area contributed by atoms with Crippen molar-refractivity contribution in [2.45, 2.75) is 26.3 Å². The molecule has 134 valence electrons. The van der Waals surface area contributed by atoms with Crippen molar-refractivity contribution in [2.75, 3.05) is 13.1 Å². The summed E-state index contributed by atoms with van der Waals surface area (Å²) in [6.45, 7) is 3.06. The van der Waals surface area contributed by atoms with Gasteiger partial charge in [-0.15, -0.1) is 11.3 Å². The molecule has 0 saturated heterocycles. The fourth-order valence-corrected chi connectivity index (χ4v) is 2.83. The monoisotopic (exact) mass is 365 g/mol. The predicted octanol–water partition coefficient (Wildman–Crippen LogP) is 1.38. The predicted molar refractivity (Wildman–Crippen MR) is 91.0 cm³/mol. The van der Waals surface area contributed by atoms with Crippen molar-refractivity contribution in [3.8, 4) is 10.8 Å². The lowest BCUT2D eigenvalue weighted by molar-refractivity contribution is -0.149. The maximum atomic E-state index is 12.5. The number of hydrogen-bond acceptors (Lipinski definition) is 6. The lowest BCUT2D eigenvalue weighted by Crippen LogP contribution is -2.47. The number of nitrogens with one attached hydrogen (secondary N) is 1. The molecule has 0 spiro atoms. The van der Waals surface area contributed by atoms with Gasteiger partial charge >= 0.3 is 5.97 Å². The minimum absolute atomic E-state index is 0.0768. The van der Waals surface area contributed by atoms with E-state index in [4.69, 9.17) is 4.42 Å². The molecule has 2 aromatic heterocycles. The van der Waals surface area contributed by atoms with Gasteiger partial charge in [-0.1, -0.05) is 6.07 Å². The summed E-state index contributed by atoms with van der Waals surface area (Å²) in [5.41, 5.74) is 0.426. The smallest absolute Gasteiger partial charge is 0.326 e.